The molecule has 1 rings (SSSR count). The number of carbonyl (C=O) groups is 1. The van der Waals surface area contributed by atoms with E-state index in [1.165, 1.54) is 0 Å². The van der Waals surface area contributed by atoms with Gasteiger partial charge in [0.2, 0.25) is 0 Å². The van der Waals surface area contributed by atoms with E-state index in [4.69, 9.17) is 0 Å². The number of hydrogen-bond acceptors (Lipinski definition) is 3. The van der Waals surface area contributed by atoms with Crippen LogP contribution in [0.3, 0.4) is 0 Å². The van der Waals surface area contributed by atoms with Crippen LogP contribution < -0.4 is 0 Å². The largest absolute Gasteiger partial charge is 0.335 e. The number of Topliss-reactive ketones (excluding diaryl/α,β-unsaturated/α-hetero) is 1. The van der Waals surface area contributed by atoms with Crippen molar-refractivity contribution in [3.05, 3.63) is 35.4 Å². The lowest BCUT2D eigenvalue weighted by atomic mass is 10.1. The van der Waals surface area contributed by atoms with Gasteiger partial charge >= 0.3 is 7.60 Å². The molecule has 88 valence electrons. The van der Waals surface area contributed by atoms with Crippen LogP contribution in [0, 0.1) is 6.92 Å². The van der Waals surface area contributed by atoms with Gasteiger partial charge < -0.3 is 9.42 Å². The molecule has 1 N–H and O–H groups in total. The zero-order chi connectivity index (χ0) is 12.2. The fourth-order valence-corrected chi connectivity index (χ4v) is 2.43. The molecule has 16 heavy (non-hydrogen) atoms. The van der Waals surface area contributed by atoms with Crippen molar-refractivity contribution in [1.29, 1.82) is 0 Å². The third-order valence-corrected chi connectivity index (χ3v) is 3.47. The zero-order valence-corrected chi connectivity index (χ0v) is 10.2. The van der Waals surface area contributed by atoms with Crippen molar-refractivity contribution < 1.29 is 18.8 Å². The summed E-state index contributed by atoms with van der Waals surface area (Å²) in [4.78, 5) is 21.1. The average Bonchev–Trinajstić information content (AvgIpc) is 2.17. The van der Waals surface area contributed by atoms with Gasteiger partial charge in [-0.3, -0.25) is 9.36 Å². The van der Waals surface area contributed by atoms with Crippen molar-refractivity contribution in [1.82, 2.24) is 0 Å². The van der Waals surface area contributed by atoms with Crippen LogP contribution in [-0.2, 0) is 9.09 Å². The number of hydrogen-bond donors (Lipinski definition) is 1. The molecule has 0 radical (unpaired) electrons. The van der Waals surface area contributed by atoms with Gasteiger partial charge in [0.1, 0.15) is 6.16 Å². The molecular weight excluding hydrogens is 227 g/mol. The molecule has 0 fully saturated rings. The lowest BCUT2D eigenvalue weighted by Crippen LogP contribution is -2.09. The molecular formula is C11H15O4P. The van der Waals surface area contributed by atoms with Crippen LogP contribution in [0.2, 0.25) is 0 Å². The molecule has 0 aliphatic rings. The van der Waals surface area contributed by atoms with Gasteiger partial charge in [-0.2, -0.15) is 0 Å². The molecule has 1 atom stereocenters. The Bertz CT molecular complexity index is 428. The minimum Gasteiger partial charge on any atom is -0.324 e. The first-order chi connectivity index (χ1) is 7.46. The standard InChI is InChI=1S/C11H15O4P/c1-3-15-16(13,14)8-11(12)10-7-5-4-6-9(10)2/h4-7H,3,8H2,1-2H3,(H,13,14). The van der Waals surface area contributed by atoms with E-state index in [2.05, 4.69) is 4.52 Å². The summed E-state index contributed by atoms with van der Waals surface area (Å²) in [5.41, 5.74) is 1.26. The summed E-state index contributed by atoms with van der Waals surface area (Å²) < 4.78 is 16.1. The summed E-state index contributed by atoms with van der Waals surface area (Å²) in [6.07, 6.45) is -0.467. The van der Waals surface area contributed by atoms with Crippen molar-refractivity contribution >= 4 is 13.4 Å². The maximum atomic E-state index is 11.7. The summed E-state index contributed by atoms with van der Waals surface area (Å²) >= 11 is 0. The van der Waals surface area contributed by atoms with Crippen molar-refractivity contribution in [2.45, 2.75) is 13.8 Å². The predicted octanol–water partition coefficient (Wildman–Crippen LogP) is 2.40. The van der Waals surface area contributed by atoms with E-state index in [0.29, 0.717) is 5.56 Å². The second-order valence-electron chi connectivity index (χ2n) is 3.45. The number of carbonyl (C=O) groups excluding carboxylic acids is 1. The molecule has 0 spiro atoms. The van der Waals surface area contributed by atoms with Crippen molar-refractivity contribution in [2.24, 2.45) is 0 Å². The number of rotatable bonds is 5. The van der Waals surface area contributed by atoms with Gasteiger partial charge in [0.25, 0.3) is 0 Å². The molecule has 0 saturated heterocycles. The molecule has 1 unspecified atom stereocenters. The Hall–Kier alpha value is -0.960. The highest BCUT2D eigenvalue weighted by molar-refractivity contribution is 7.53. The molecule has 4 nitrogen and oxygen atoms in total. The predicted molar refractivity (Wildman–Crippen MR) is 61.8 cm³/mol. The Balaban J connectivity index is 2.81. The number of benzene rings is 1. The van der Waals surface area contributed by atoms with Crippen LogP contribution in [0.15, 0.2) is 24.3 Å². The van der Waals surface area contributed by atoms with E-state index in [1.54, 1.807) is 32.0 Å². The summed E-state index contributed by atoms with van der Waals surface area (Å²) in [5, 5.41) is 0. The minimum atomic E-state index is -3.78. The van der Waals surface area contributed by atoms with Gasteiger partial charge in [-0.25, -0.2) is 0 Å². The van der Waals surface area contributed by atoms with E-state index in [-0.39, 0.29) is 12.4 Å². The first kappa shape index (κ1) is 13.1. The highest BCUT2D eigenvalue weighted by Crippen LogP contribution is 2.42. The maximum absolute atomic E-state index is 11.7. The van der Waals surface area contributed by atoms with E-state index >= 15 is 0 Å². The minimum absolute atomic E-state index is 0.120. The van der Waals surface area contributed by atoms with Crippen LogP contribution in [0.1, 0.15) is 22.8 Å². The van der Waals surface area contributed by atoms with E-state index in [1.807, 2.05) is 6.07 Å². The van der Waals surface area contributed by atoms with Gasteiger partial charge in [-0.05, 0) is 19.4 Å². The number of ketones is 1. The van der Waals surface area contributed by atoms with E-state index < -0.39 is 13.8 Å². The summed E-state index contributed by atoms with van der Waals surface area (Å²) in [7, 11) is -3.78. The van der Waals surface area contributed by atoms with Crippen LogP contribution in [-0.4, -0.2) is 23.4 Å². The van der Waals surface area contributed by atoms with Crippen LogP contribution >= 0.6 is 7.60 Å². The van der Waals surface area contributed by atoms with Crippen LogP contribution in [0.25, 0.3) is 0 Å². The maximum Gasteiger partial charge on any atom is 0.335 e. The first-order valence-electron chi connectivity index (χ1n) is 5.01. The SMILES string of the molecule is CCOP(=O)(O)CC(=O)c1ccccc1C. The Morgan fingerprint density at radius 2 is 2.06 bits per heavy atom. The van der Waals surface area contributed by atoms with Crippen molar-refractivity contribution in [2.75, 3.05) is 12.8 Å². The van der Waals surface area contributed by atoms with E-state index in [0.717, 1.165) is 5.56 Å². The topological polar surface area (TPSA) is 63.6 Å². The van der Waals surface area contributed by atoms with Gasteiger partial charge in [0.15, 0.2) is 5.78 Å². The third-order valence-electron chi connectivity index (χ3n) is 2.12. The lowest BCUT2D eigenvalue weighted by Gasteiger charge is -2.10. The van der Waals surface area contributed by atoms with Gasteiger partial charge in [0, 0.05) is 5.56 Å². The second-order valence-corrected chi connectivity index (χ2v) is 5.30. The van der Waals surface area contributed by atoms with Gasteiger partial charge in [-0.15, -0.1) is 0 Å². The van der Waals surface area contributed by atoms with Gasteiger partial charge in [0.05, 0.1) is 6.61 Å². The molecule has 0 heterocycles. The Kier molecular flexibility index (Phi) is 4.42. The highest BCUT2D eigenvalue weighted by atomic mass is 31.2. The monoisotopic (exact) mass is 242 g/mol. The molecule has 0 saturated carbocycles. The molecule has 0 aliphatic heterocycles. The van der Waals surface area contributed by atoms with Crippen LogP contribution in [0.5, 0.6) is 0 Å². The van der Waals surface area contributed by atoms with E-state index in [9.17, 15) is 14.3 Å². The van der Waals surface area contributed by atoms with Gasteiger partial charge in [-0.1, -0.05) is 24.3 Å². The zero-order valence-electron chi connectivity index (χ0n) is 9.34. The Morgan fingerprint density at radius 1 is 1.44 bits per heavy atom. The highest BCUT2D eigenvalue weighted by Gasteiger charge is 2.24. The number of aryl methyl sites for hydroxylation is 1. The van der Waals surface area contributed by atoms with Crippen molar-refractivity contribution in [3.8, 4) is 0 Å². The quantitative estimate of drug-likeness (QED) is 0.636. The molecule has 1 aromatic carbocycles. The Morgan fingerprint density at radius 3 is 2.62 bits per heavy atom. The summed E-state index contributed by atoms with van der Waals surface area (Å²) in [6, 6.07) is 6.97. The summed E-state index contributed by atoms with van der Waals surface area (Å²) in [5.74, 6) is -0.364. The third kappa shape index (κ3) is 3.56. The molecule has 1 aromatic rings. The first-order valence-corrected chi connectivity index (χ1v) is 6.77. The summed E-state index contributed by atoms with van der Waals surface area (Å²) in [6.45, 7) is 3.52. The molecule has 0 aromatic heterocycles. The average molecular weight is 242 g/mol. The fraction of sp³-hybridized carbons (Fsp3) is 0.364. The normalized spacial score (nSPS) is 14.4. The molecule has 0 amide bonds. The molecule has 0 aliphatic carbocycles. The van der Waals surface area contributed by atoms with Crippen LogP contribution in [0.4, 0.5) is 0 Å². The molecule has 0 bridgehead atoms. The molecule has 5 heteroatoms. The smallest absolute Gasteiger partial charge is 0.324 e. The fourth-order valence-electron chi connectivity index (χ4n) is 1.40. The lowest BCUT2D eigenvalue weighted by molar-refractivity contribution is 0.101. The van der Waals surface area contributed by atoms with Crippen molar-refractivity contribution in [3.63, 3.8) is 0 Å². The Labute approximate surface area is 94.8 Å². The second kappa shape index (κ2) is 5.39.